The Kier molecular flexibility index (Phi) is 7.15. The number of fused-ring (bicyclic) bond motifs is 3. The lowest BCUT2D eigenvalue weighted by Gasteiger charge is -2.29. The number of aliphatic carboxylic acids is 1. The van der Waals surface area contributed by atoms with Gasteiger partial charge in [0, 0.05) is 25.6 Å². The third-order valence-electron chi connectivity index (χ3n) is 7.82. The van der Waals surface area contributed by atoms with Gasteiger partial charge in [0.25, 0.3) is 0 Å². The van der Waals surface area contributed by atoms with E-state index < -0.39 is 23.4 Å². The average Bonchev–Trinajstić information content (AvgIpc) is 3.44. The summed E-state index contributed by atoms with van der Waals surface area (Å²) in [5.41, 5.74) is 3.71. The summed E-state index contributed by atoms with van der Waals surface area (Å²) >= 11 is 0. The van der Waals surface area contributed by atoms with Crippen molar-refractivity contribution in [3.8, 4) is 11.1 Å². The molecule has 4 rings (SSSR count). The number of hydrogen-bond donors (Lipinski definition) is 2. The molecular formula is C28H34N2O5. The first-order valence-electron chi connectivity index (χ1n) is 12.4. The minimum Gasteiger partial charge on any atom is -0.481 e. The largest absolute Gasteiger partial charge is 0.481 e. The molecule has 2 aromatic rings. The molecule has 2 N–H and O–H groups in total. The van der Waals surface area contributed by atoms with E-state index in [1.165, 1.54) is 0 Å². The number of benzene rings is 2. The van der Waals surface area contributed by atoms with E-state index in [1.54, 1.807) is 4.90 Å². The van der Waals surface area contributed by atoms with Gasteiger partial charge in [-0.25, -0.2) is 4.79 Å². The highest BCUT2D eigenvalue weighted by molar-refractivity contribution is 5.83. The lowest BCUT2D eigenvalue weighted by atomic mass is 9.76. The van der Waals surface area contributed by atoms with Crippen molar-refractivity contribution in [3.05, 3.63) is 59.7 Å². The molecule has 1 aliphatic carbocycles. The van der Waals surface area contributed by atoms with Gasteiger partial charge in [-0.05, 0) is 41.0 Å². The van der Waals surface area contributed by atoms with Crippen molar-refractivity contribution in [2.45, 2.75) is 39.5 Å². The summed E-state index contributed by atoms with van der Waals surface area (Å²) in [6, 6.07) is 16.3. The third kappa shape index (κ3) is 4.64. The molecule has 7 heteroatoms. The number of nitrogens with one attached hydrogen (secondary N) is 1. The molecule has 1 saturated heterocycles. The standard InChI is InChI=1S/C28H34N2O5/c1-4-19(25(31)30-14-13-28(17-30,18(2)3)26(32)33)15-29-27(34)35-16-24-22-11-7-5-9-20(22)21-10-6-8-12-23(21)24/h5-12,18-19,24H,4,13-17H2,1-3H3,(H,29,34)(H,32,33). The summed E-state index contributed by atoms with van der Waals surface area (Å²) in [5, 5.41) is 12.5. The van der Waals surface area contributed by atoms with Gasteiger partial charge in [0.2, 0.25) is 5.91 Å². The summed E-state index contributed by atoms with van der Waals surface area (Å²) in [7, 11) is 0. The zero-order valence-electron chi connectivity index (χ0n) is 20.6. The number of rotatable bonds is 8. The molecule has 0 aromatic heterocycles. The molecular weight excluding hydrogens is 444 g/mol. The Balaban J connectivity index is 1.33. The van der Waals surface area contributed by atoms with Gasteiger partial charge in [-0.3, -0.25) is 9.59 Å². The van der Waals surface area contributed by atoms with Gasteiger partial charge in [-0.15, -0.1) is 0 Å². The van der Waals surface area contributed by atoms with Gasteiger partial charge in [-0.2, -0.15) is 0 Å². The normalized spacial score (nSPS) is 19.8. The molecule has 1 aliphatic heterocycles. The Labute approximate surface area is 206 Å². The van der Waals surface area contributed by atoms with Crippen LogP contribution in [0.1, 0.15) is 50.7 Å². The minimum atomic E-state index is -0.909. The van der Waals surface area contributed by atoms with E-state index in [0.717, 1.165) is 22.3 Å². The molecule has 0 saturated carbocycles. The maximum Gasteiger partial charge on any atom is 0.407 e. The fraction of sp³-hybridized carbons (Fsp3) is 0.464. The molecule has 1 fully saturated rings. The van der Waals surface area contributed by atoms with Gasteiger partial charge in [0.1, 0.15) is 6.61 Å². The number of alkyl carbamates (subject to hydrolysis) is 1. The molecule has 186 valence electrons. The van der Waals surface area contributed by atoms with E-state index in [-0.39, 0.29) is 37.4 Å². The fourth-order valence-corrected chi connectivity index (χ4v) is 5.43. The number of carboxylic acid groups (broad SMARTS) is 1. The molecule has 35 heavy (non-hydrogen) atoms. The first kappa shape index (κ1) is 24.8. The van der Waals surface area contributed by atoms with Crippen LogP contribution in [-0.4, -0.2) is 54.2 Å². The van der Waals surface area contributed by atoms with Crippen LogP contribution >= 0.6 is 0 Å². The van der Waals surface area contributed by atoms with E-state index in [0.29, 0.717) is 19.4 Å². The van der Waals surface area contributed by atoms with Crippen molar-refractivity contribution < 1.29 is 24.2 Å². The molecule has 2 atom stereocenters. The zero-order chi connectivity index (χ0) is 25.2. The van der Waals surface area contributed by atoms with Crippen LogP contribution in [0.2, 0.25) is 0 Å². The lowest BCUT2D eigenvalue weighted by molar-refractivity contribution is -0.151. The second-order valence-corrected chi connectivity index (χ2v) is 9.94. The lowest BCUT2D eigenvalue weighted by Crippen LogP contribution is -2.44. The molecule has 1 heterocycles. The van der Waals surface area contributed by atoms with Gasteiger partial charge in [0.05, 0.1) is 11.3 Å². The molecule has 0 radical (unpaired) electrons. The molecule has 2 aromatic carbocycles. The molecule has 2 aliphatic rings. The van der Waals surface area contributed by atoms with Crippen LogP contribution < -0.4 is 5.32 Å². The Morgan fingerprint density at radius 1 is 1.09 bits per heavy atom. The Hall–Kier alpha value is -3.35. The molecule has 2 unspecified atom stereocenters. The monoisotopic (exact) mass is 478 g/mol. The quantitative estimate of drug-likeness (QED) is 0.582. The van der Waals surface area contributed by atoms with Crippen LogP contribution in [0.5, 0.6) is 0 Å². The highest BCUT2D eigenvalue weighted by Gasteiger charge is 2.49. The van der Waals surface area contributed by atoms with Crippen LogP contribution in [0.3, 0.4) is 0 Å². The maximum atomic E-state index is 13.1. The Bertz CT molecular complexity index is 1070. The van der Waals surface area contributed by atoms with Crippen molar-refractivity contribution in [1.29, 1.82) is 0 Å². The summed E-state index contributed by atoms with van der Waals surface area (Å²) in [6.45, 7) is 6.67. The van der Waals surface area contributed by atoms with Crippen molar-refractivity contribution in [3.63, 3.8) is 0 Å². The second kappa shape index (κ2) is 10.1. The fourth-order valence-electron chi connectivity index (χ4n) is 5.43. The number of ether oxygens (including phenoxy) is 1. The van der Waals surface area contributed by atoms with Crippen molar-refractivity contribution in [2.24, 2.45) is 17.3 Å². The molecule has 0 spiro atoms. The average molecular weight is 479 g/mol. The van der Waals surface area contributed by atoms with Crippen molar-refractivity contribution in [1.82, 2.24) is 10.2 Å². The second-order valence-electron chi connectivity index (χ2n) is 9.94. The summed E-state index contributed by atoms with van der Waals surface area (Å²) in [4.78, 5) is 39.2. The van der Waals surface area contributed by atoms with E-state index in [4.69, 9.17) is 4.74 Å². The van der Waals surface area contributed by atoms with Gasteiger partial charge >= 0.3 is 12.1 Å². The number of carboxylic acids is 1. The van der Waals surface area contributed by atoms with E-state index in [2.05, 4.69) is 29.6 Å². The number of carbonyl (C=O) groups is 3. The molecule has 0 bridgehead atoms. The predicted molar refractivity (Wildman–Crippen MR) is 133 cm³/mol. The third-order valence-corrected chi connectivity index (χ3v) is 7.82. The summed E-state index contributed by atoms with van der Waals surface area (Å²) in [5.74, 6) is -1.49. The number of nitrogens with zero attached hydrogens (tertiary/aromatic N) is 1. The van der Waals surface area contributed by atoms with Crippen molar-refractivity contribution in [2.75, 3.05) is 26.2 Å². The molecule has 2 amide bonds. The van der Waals surface area contributed by atoms with Crippen LogP contribution in [0.4, 0.5) is 4.79 Å². The van der Waals surface area contributed by atoms with Crippen LogP contribution in [-0.2, 0) is 14.3 Å². The number of carbonyl (C=O) groups excluding carboxylic acids is 2. The first-order valence-corrected chi connectivity index (χ1v) is 12.4. The number of likely N-dealkylation sites (tertiary alicyclic amines) is 1. The maximum absolute atomic E-state index is 13.1. The Morgan fingerprint density at radius 2 is 1.69 bits per heavy atom. The predicted octanol–water partition coefficient (Wildman–Crippen LogP) is 4.51. The van der Waals surface area contributed by atoms with E-state index in [1.807, 2.05) is 45.0 Å². The Morgan fingerprint density at radius 3 is 2.20 bits per heavy atom. The summed E-state index contributed by atoms with van der Waals surface area (Å²) < 4.78 is 5.58. The zero-order valence-corrected chi connectivity index (χ0v) is 20.6. The van der Waals surface area contributed by atoms with E-state index >= 15 is 0 Å². The SMILES string of the molecule is CCC(CNC(=O)OCC1c2ccccc2-c2ccccc21)C(=O)N1CCC(C(=O)O)(C(C)C)C1. The van der Waals surface area contributed by atoms with E-state index in [9.17, 15) is 19.5 Å². The van der Waals surface area contributed by atoms with Crippen LogP contribution in [0.15, 0.2) is 48.5 Å². The topological polar surface area (TPSA) is 95.9 Å². The highest BCUT2D eigenvalue weighted by atomic mass is 16.5. The number of hydrogen-bond acceptors (Lipinski definition) is 4. The van der Waals surface area contributed by atoms with Crippen molar-refractivity contribution >= 4 is 18.0 Å². The van der Waals surface area contributed by atoms with Crippen LogP contribution in [0.25, 0.3) is 11.1 Å². The van der Waals surface area contributed by atoms with Gasteiger partial charge < -0.3 is 20.1 Å². The highest BCUT2D eigenvalue weighted by Crippen LogP contribution is 2.44. The minimum absolute atomic E-state index is 0.0264. The van der Waals surface area contributed by atoms with Crippen LogP contribution in [0, 0.1) is 17.3 Å². The smallest absolute Gasteiger partial charge is 0.407 e. The number of amides is 2. The summed E-state index contributed by atoms with van der Waals surface area (Å²) in [6.07, 6.45) is 0.435. The molecule has 7 nitrogen and oxygen atoms in total. The van der Waals surface area contributed by atoms with Gasteiger partial charge in [0.15, 0.2) is 0 Å². The first-order chi connectivity index (χ1) is 16.8. The van der Waals surface area contributed by atoms with Gasteiger partial charge in [-0.1, -0.05) is 69.3 Å².